The Bertz CT molecular complexity index is 129. The van der Waals surface area contributed by atoms with E-state index in [0.717, 1.165) is 11.8 Å². The van der Waals surface area contributed by atoms with Crippen LogP contribution in [0.2, 0.25) is 0 Å². The van der Waals surface area contributed by atoms with E-state index in [1.807, 2.05) is 13.8 Å². The highest BCUT2D eigenvalue weighted by Crippen LogP contribution is 2.13. The van der Waals surface area contributed by atoms with Crippen LogP contribution in [0.4, 0.5) is 0 Å². The van der Waals surface area contributed by atoms with Crippen molar-refractivity contribution in [3.63, 3.8) is 0 Å². The van der Waals surface area contributed by atoms with E-state index in [0.29, 0.717) is 0 Å². The van der Waals surface area contributed by atoms with Crippen molar-refractivity contribution in [2.24, 2.45) is 11.8 Å². The van der Waals surface area contributed by atoms with Crippen LogP contribution in [-0.4, -0.2) is 44.4 Å². The van der Waals surface area contributed by atoms with Gasteiger partial charge >= 0.3 is 0 Å². The van der Waals surface area contributed by atoms with Crippen molar-refractivity contribution in [1.82, 2.24) is 10.2 Å². The zero-order valence-electron chi connectivity index (χ0n) is 13.5. The monoisotopic (exact) mass is 276 g/mol. The summed E-state index contributed by atoms with van der Waals surface area (Å²) in [5.41, 5.74) is 0. The van der Waals surface area contributed by atoms with Gasteiger partial charge in [-0.2, -0.15) is 12.6 Å². The molecule has 1 N–H and O–H groups in total. The molecule has 0 aromatic heterocycles. The molecule has 0 aromatic carbocycles. The molecule has 2 rings (SSSR count). The molecule has 0 aliphatic carbocycles. The fourth-order valence-corrected chi connectivity index (χ4v) is 1.94. The van der Waals surface area contributed by atoms with E-state index in [-0.39, 0.29) is 0 Å². The topological polar surface area (TPSA) is 15.3 Å². The molecule has 2 fully saturated rings. The zero-order valence-corrected chi connectivity index (χ0v) is 14.4. The van der Waals surface area contributed by atoms with Gasteiger partial charge in [0, 0.05) is 0 Å². The highest BCUT2D eigenvalue weighted by molar-refractivity contribution is 7.79. The van der Waals surface area contributed by atoms with E-state index < -0.39 is 0 Å². The molecule has 0 radical (unpaired) electrons. The number of likely N-dealkylation sites (tertiary alicyclic amines) is 1. The molecular formula is C15H36N2S. The first-order chi connectivity index (χ1) is 8.68. The van der Waals surface area contributed by atoms with Crippen LogP contribution in [0, 0.1) is 11.8 Å². The van der Waals surface area contributed by atoms with Crippen molar-refractivity contribution in [2.45, 2.75) is 47.0 Å². The van der Waals surface area contributed by atoms with Gasteiger partial charge in [-0.15, -0.1) is 0 Å². The van der Waals surface area contributed by atoms with Crippen LogP contribution >= 0.6 is 12.6 Å². The maximum atomic E-state index is 3.53. The van der Waals surface area contributed by atoms with E-state index in [4.69, 9.17) is 0 Å². The molecule has 3 heteroatoms. The van der Waals surface area contributed by atoms with Crippen molar-refractivity contribution in [3.05, 3.63) is 0 Å². The Balaban J connectivity index is 0. The summed E-state index contributed by atoms with van der Waals surface area (Å²) in [6.45, 7) is 13.7. The zero-order chi connectivity index (χ0) is 14.4. The third kappa shape index (κ3) is 12.7. The first-order valence-electron chi connectivity index (χ1n) is 7.52. The molecule has 1 unspecified atom stereocenters. The van der Waals surface area contributed by atoms with Crippen LogP contribution in [-0.2, 0) is 0 Å². The summed E-state index contributed by atoms with van der Waals surface area (Å²) in [6.07, 6.45) is 5.87. The van der Waals surface area contributed by atoms with Gasteiger partial charge in [-0.05, 0) is 70.6 Å². The highest BCUT2D eigenvalue weighted by atomic mass is 32.1. The van der Waals surface area contributed by atoms with Gasteiger partial charge in [-0.25, -0.2) is 0 Å². The molecule has 0 spiro atoms. The Morgan fingerprint density at radius 1 is 0.944 bits per heavy atom. The molecule has 18 heavy (non-hydrogen) atoms. The molecule has 2 heterocycles. The van der Waals surface area contributed by atoms with Crippen molar-refractivity contribution in [1.29, 1.82) is 0 Å². The van der Waals surface area contributed by atoms with E-state index in [9.17, 15) is 0 Å². The number of hydrogen-bond acceptors (Lipinski definition) is 3. The SMILES string of the molecule is CC.CC1CCN(C)CC1.CC1CCNC1.CS. The smallest absolute Gasteiger partial charge is 0.00192 e. The molecule has 0 amide bonds. The van der Waals surface area contributed by atoms with Crippen LogP contribution in [0.3, 0.4) is 0 Å². The average molecular weight is 277 g/mol. The Morgan fingerprint density at radius 2 is 1.44 bits per heavy atom. The minimum Gasteiger partial charge on any atom is -0.316 e. The summed E-state index contributed by atoms with van der Waals surface area (Å²) in [4.78, 5) is 2.40. The third-order valence-electron chi connectivity index (χ3n) is 3.31. The lowest BCUT2D eigenvalue weighted by Gasteiger charge is -2.26. The molecule has 2 nitrogen and oxygen atoms in total. The van der Waals surface area contributed by atoms with Crippen molar-refractivity contribution in [3.8, 4) is 0 Å². The average Bonchev–Trinajstić information content (AvgIpc) is 2.90. The number of nitrogens with zero attached hydrogens (tertiary/aromatic N) is 1. The van der Waals surface area contributed by atoms with E-state index >= 15 is 0 Å². The molecule has 112 valence electrons. The molecule has 0 aromatic rings. The fourth-order valence-electron chi connectivity index (χ4n) is 1.94. The molecule has 2 saturated heterocycles. The fraction of sp³-hybridized carbons (Fsp3) is 1.00. The summed E-state index contributed by atoms with van der Waals surface area (Å²) in [5, 5.41) is 3.27. The molecular weight excluding hydrogens is 240 g/mol. The Hall–Kier alpha value is 0.270. The lowest BCUT2D eigenvalue weighted by Crippen LogP contribution is -2.28. The van der Waals surface area contributed by atoms with Crippen LogP contribution in [0.5, 0.6) is 0 Å². The quantitative estimate of drug-likeness (QED) is 0.658. The van der Waals surface area contributed by atoms with Gasteiger partial charge in [0.05, 0.1) is 0 Å². The Labute approximate surface area is 121 Å². The number of nitrogens with one attached hydrogen (secondary N) is 1. The highest BCUT2D eigenvalue weighted by Gasteiger charge is 2.10. The lowest BCUT2D eigenvalue weighted by atomic mass is 10.00. The van der Waals surface area contributed by atoms with E-state index in [2.05, 4.69) is 43.7 Å². The second kappa shape index (κ2) is 15.3. The normalized spacial score (nSPS) is 23.8. The number of piperidine rings is 1. The standard InChI is InChI=1S/C7H15N.C5H11N.C2H6.CH4S/c1-7-3-5-8(2)6-4-7;1-5-2-3-6-4-5;2*1-2/h7H,3-6H2,1-2H3;5-6H,2-4H2,1H3;1-2H3;2H,1H3. The number of thiol groups is 1. The summed E-state index contributed by atoms with van der Waals surface area (Å²) in [7, 11) is 2.20. The molecule has 2 aliphatic rings. The van der Waals surface area contributed by atoms with Gasteiger partial charge < -0.3 is 10.2 Å². The third-order valence-corrected chi connectivity index (χ3v) is 3.31. The van der Waals surface area contributed by atoms with Gasteiger partial charge in [0.25, 0.3) is 0 Å². The molecule has 1 atom stereocenters. The van der Waals surface area contributed by atoms with Crippen LogP contribution in [0.1, 0.15) is 47.0 Å². The molecule has 0 bridgehead atoms. The maximum Gasteiger partial charge on any atom is -0.00192 e. The van der Waals surface area contributed by atoms with Gasteiger partial charge in [0.1, 0.15) is 0 Å². The van der Waals surface area contributed by atoms with E-state index in [1.165, 1.54) is 45.4 Å². The first-order valence-corrected chi connectivity index (χ1v) is 8.42. The van der Waals surface area contributed by atoms with Crippen LogP contribution in [0.15, 0.2) is 0 Å². The van der Waals surface area contributed by atoms with Gasteiger partial charge in [-0.3, -0.25) is 0 Å². The minimum atomic E-state index is 0.935. The Kier molecular flexibility index (Phi) is 17.5. The predicted molar refractivity (Wildman–Crippen MR) is 88.8 cm³/mol. The summed E-state index contributed by atoms with van der Waals surface area (Å²) < 4.78 is 0. The number of rotatable bonds is 0. The van der Waals surface area contributed by atoms with Crippen LogP contribution in [0.25, 0.3) is 0 Å². The van der Waals surface area contributed by atoms with Crippen molar-refractivity contribution < 1.29 is 0 Å². The predicted octanol–water partition coefficient (Wildman–Crippen LogP) is 3.54. The van der Waals surface area contributed by atoms with Gasteiger partial charge in [0.15, 0.2) is 0 Å². The van der Waals surface area contributed by atoms with Crippen molar-refractivity contribution in [2.75, 3.05) is 39.5 Å². The first kappa shape index (κ1) is 20.6. The van der Waals surface area contributed by atoms with E-state index in [1.54, 1.807) is 6.26 Å². The summed E-state index contributed by atoms with van der Waals surface area (Å²) in [5.74, 6) is 1.91. The summed E-state index contributed by atoms with van der Waals surface area (Å²) >= 11 is 3.53. The molecule has 2 aliphatic heterocycles. The minimum absolute atomic E-state index is 0.935. The largest absolute Gasteiger partial charge is 0.316 e. The lowest BCUT2D eigenvalue weighted by molar-refractivity contribution is 0.230. The van der Waals surface area contributed by atoms with Gasteiger partial charge in [-0.1, -0.05) is 27.7 Å². The number of hydrogen-bond donors (Lipinski definition) is 2. The molecule has 0 saturated carbocycles. The summed E-state index contributed by atoms with van der Waals surface area (Å²) in [6, 6.07) is 0. The second-order valence-corrected chi connectivity index (χ2v) is 5.08. The van der Waals surface area contributed by atoms with Crippen LogP contribution < -0.4 is 5.32 Å². The van der Waals surface area contributed by atoms with Gasteiger partial charge in [0.2, 0.25) is 0 Å². The maximum absolute atomic E-state index is 3.53. The van der Waals surface area contributed by atoms with Crippen molar-refractivity contribution >= 4 is 12.6 Å². The Morgan fingerprint density at radius 3 is 1.67 bits per heavy atom. The second-order valence-electron chi connectivity index (χ2n) is 5.08.